The minimum atomic E-state index is 0.575. The second-order valence-corrected chi connectivity index (χ2v) is 6.63. The monoisotopic (exact) mass is 309 g/mol. The summed E-state index contributed by atoms with van der Waals surface area (Å²) < 4.78 is 6.76. The molecule has 108 valence electrons. The number of aryl methyl sites for hydroxylation is 2. The standard InChI is InChI=1S/C16H20ClNOS/c1-4-18-9-13-7-11(2)16(12(3)8-13)19-10-14-5-6-15(17)20-14/h5-8,18H,4,9-10H2,1-3H3. The minimum Gasteiger partial charge on any atom is -0.488 e. The molecule has 0 unspecified atom stereocenters. The Kier molecular flexibility index (Phi) is 5.46. The molecule has 2 nitrogen and oxygen atoms in total. The number of ether oxygens (including phenoxy) is 1. The fourth-order valence-corrected chi connectivity index (χ4v) is 3.21. The Bertz CT molecular complexity index is 557. The lowest BCUT2D eigenvalue weighted by Crippen LogP contribution is -2.12. The van der Waals surface area contributed by atoms with Gasteiger partial charge in [-0.2, -0.15) is 0 Å². The summed E-state index contributed by atoms with van der Waals surface area (Å²) >= 11 is 7.49. The molecule has 0 amide bonds. The van der Waals surface area contributed by atoms with Crippen molar-refractivity contribution in [2.24, 2.45) is 0 Å². The second-order valence-electron chi connectivity index (χ2n) is 4.83. The third kappa shape index (κ3) is 3.98. The van der Waals surface area contributed by atoms with Gasteiger partial charge in [-0.1, -0.05) is 30.7 Å². The smallest absolute Gasteiger partial charge is 0.125 e. The largest absolute Gasteiger partial charge is 0.488 e. The highest BCUT2D eigenvalue weighted by Crippen LogP contribution is 2.28. The van der Waals surface area contributed by atoms with Gasteiger partial charge in [0.15, 0.2) is 0 Å². The molecule has 2 aromatic rings. The minimum absolute atomic E-state index is 0.575. The quantitative estimate of drug-likeness (QED) is 0.834. The summed E-state index contributed by atoms with van der Waals surface area (Å²) in [5.41, 5.74) is 3.66. The maximum Gasteiger partial charge on any atom is 0.125 e. The van der Waals surface area contributed by atoms with Crippen LogP contribution in [0.15, 0.2) is 24.3 Å². The van der Waals surface area contributed by atoms with E-state index in [9.17, 15) is 0 Å². The Morgan fingerprint density at radius 1 is 1.20 bits per heavy atom. The molecule has 0 bridgehead atoms. The zero-order valence-corrected chi connectivity index (χ0v) is 13.7. The number of halogens is 1. The highest BCUT2D eigenvalue weighted by molar-refractivity contribution is 7.16. The van der Waals surface area contributed by atoms with Crippen molar-refractivity contribution in [1.29, 1.82) is 0 Å². The highest BCUT2D eigenvalue weighted by Gasteiger charge is 2.07. The lowest BCUT2D eigenvalue weighted by atomic mass is 10.1. The zero-order chi connectivity index (χ0) is 14.5. The van der Waals surface area contributed by atoms with Crippen molar-refractivity contribution < 1.29 is 4.74 Å². The summed E-state index contributed by atoms with van der Waals surface area (Å²) in [6, 6.07) is 8.29. The lowest BCUT2D eigenvalue weighted by molar-refractivity contribution is 0.305. The van der Waals surface area contributed by atoms with E-state index in [2.05, 4.69) is 38.2 Å². The molecule has 0 saturated carbocycles. The van der Waals surface area contributed by atoms with Gasteiger partial charge in [-0.05, 0) is 49.2 Å². The van der Waals surface area contributed by atoms with Crippen LogP contribution in [0.2, 0.25) is 4.34 Å². The Hall–Kier alpha value is -1.03. The van der Waals surface area contributed by atoms with Crippen LogP contribution in [-0.4, -0.2) is 6.54 Å². The summed E-state index contributed by atoms with van der Waals surface area (Å²) in [5.74, 6) is 0.981. The van der Waals surface area contributed by atoms with Gasteiger partial charge in [0, 0.05) is 11.4 Å². The molecule has 2 rings (SSSR count). The van der Waals surface area contributed by atoms with Crippen molar-refractivity contribution in [1.82, 2.24) is 5.32 Å². The van der Waals surface area contributed by atoms with Crippen LogP contribution in [0.5, 0.6) is 5.75 Å². The van der Waals surface area contributed by atoms with Gasteiger partial charge >= 0.3 is 0 Å². The van der Waals surface area contributed by atoms with Crippen LogP contribution in [0.4, 0.5) is 0 Å². The van der Waals surface area contributed by atoms with E-state index in [0.29, 0.717) is 6.61 Å². The number of benzene rings is 1. The van der Waals surface area contributed by atoms with Crippen molar-refractivity contribution in [3.8, 4) is 5.75 Å². The molecule has 0 saturated heterocycles. The van der Waals surface area contributed by atoms with Crippen LogP contribution in [0, 0.1) is 13.8 Å². The van der Waals surface area contributed by atoms with Crippen LogP contribution in [0.1, 0.15) is 28.5 Å². The number of rotatable bonds is 6. The fourth-order valence-electron chi connectivity index (χ4n) is 2.21. The zero-order valence-electron chi connectivity index (χ0n) is 12.1. The molecule has 4 heteroatoms. The van der Waals surface area contributed by atoms with Crippen LogP contribution in [0.25, 0.3) is 0 Å². The molecule has 0 radical (unpaired) electrons. The molecule has 1 heterocycles. The van der Waals surface area contributed by atoms with Crippen molar-refractivity contribution in [2.45, 2.75) is 33.9 Å². The first kappa shape index (κ1) is 15.4. The van der Waals surface area contributed by atoms with Crippen molar-refractivity contribution in [3.05, 3.63) is 50.2 Å². The van der Waals surface area contributed by atoms with Gasteiger partial charge < -0.3 is 10.1 Å². The van der Waals surface area contributed by atoms with Gasteiger partial charge in [0.1, 0.15) is 12.4 Å². The molecule has 0 aliphatic carbocycles. The number of thiophene rings is 1. The average Bonchev–Trinajstić information content (AvgIpc) is 2.81. The van der Waals surface area contributed by atoms with Crippen LogP contribution in [0.3, 0.4) is 0 Å². The van der Waals surface area contributed by atoms with E-state index in [1.807, 2.05) is 12.1 Å². The van der Waals surface area contributed by atoms with Gasteiger partial charge in [0.05, 0.1) is 4.34 Å². The lowest BCUT2D eigenvalue weighted by Gasteiger charge is -2.14. The normalized spacial score (nSPS) is 10.8. The van der Waals surface area contributed by atoms with Crippen LogP contribution in [-0.2, 0) is 13.2 Å². The molecular weight excluding hydrogens is 290 g/mol. The van der Waals surface area contributed by atoms with Gasteiger partial charge in [-0.25, -0.2) is 0 Å². The van der Waals surface area contributed by atoms with E-state index >= 15 is 0 Å². The van der Waals surface area contributed by atoms with E-state index in [0.717, 1.165) is 28.1 Å². The second kappa shape index (κ2) is 7.11. The van der Waals surface area contributed by atoms with E-state index < -0.39 is 0 Å². The summed E-state index contributed by atoms with van der Waals surface area (Å²) in [4.78, 5) is 1.14. The number of hydrogen-bond acceptors (Lipinski definition) is 3. The van der Waals surface area contributed by atoms with E-state index in [4.69, 9.17) is 16.3 Å². The topological polar surface area (TPSA) is 21.3 Å². The van der Waals surface area contributed by atoms with Gasteiger partial charge in [0.25, 0.3) is 0 Å². The summed E-state index contributed by atoms with van der Waals surface area (Å²) in [6.07, 6.45) is 0. The molecule has 1 aromatic carbocycles. The first-order valence-electron chi connectivity index (χ1n) is 6.78. The first-order chi connectivity index (χ1) is 9.60. The van der Waals surface area contributed by atoms with E-state index in [-0.39, 0.29) is 0 Å². The molecule has 0 aliphatic heterocycles. The molecule has 20 heavy (non-hydrogen) atoms. The third-order valence-electron chi connectivity index (χ3n) is 3.09. The highest BCUT2D eigenvalue weighted by atomic mass is 35.5. The molecule has 1 N–H and O–H groups in total. The summed E-state index contributed by atoms with van der Waals surface area (Å²) in [6.45, 7) is 8.77. The summed E-state index contributed by atoms with van der Waals surface area (Å²) in [5, 5.41) is 3.35. The fraction of sp³-hybridized carbons (Fsp3) is 0.375. The molecule has 0 spiro atoms. The maximum atomic E-state index is 5.96. The summed E-state index contributed by atoms with van der Waals surface area (Å²) in [7, 11) is 0. The van der Waals surface area contributed by atoms with Crippen LogP contribution < -0.4 is 10.1 Å². The third-order valence-corrected chi connectivity index (χ3v) is 4.29. The van der Waals surface area contributed by atoms with Crippen molar-refractivity contribution >= 4 is 22.9 Å². The predicted octanol–water partition coefficient (Wildman–Crippen LogP) is 4.71. The molecule has 0 aliphatic rings. The maximum absolute atomic E-state index is 5.96. The molecule has 0 fully saturated rings. The predicted molar refractivity (Wildman–Crippen MR) is 87.0 cm³/mol. The Morgan fingerprint density at radius 2 is 1.90 bits per heavy atom. The number of nitrogens with one attached hydrogen (secondary N) is 1. The number of hydrogen-bond donors (Lipinski definition) is 1. The molecule has 0 atom stereocenters. The Labute approximate surface area is 129 Å². The van der Waals surface area contributed by atoms with E-state index in [1.165, 1.54) is 16.7 Å². The van der Waals surface area contributed by atoms with Crippen LogP contribution >= 0.6 is 22.9 Å². The molecular formula is C16H20ClNOS. The van der Waals surface area contributed by atoms with Crippen molar-refractivity contribution in [2.75, 3.05) is 6.54 Å². The van der Waals surface area contributed by atoms with Gasteiger partial charge in [-0.15, -0.1) is 11.3 Å². The van der Waals surface area contributed by atoms with Gasteiger partial charge in [-0.3, -0.25) is 0 Å². The Balaban J connectivity index is 2.07. The SMILES string of the molecule is CCNCc1cc(C)c(OCc2ccc(Cl)s2)c(C)c1. The first-order valence-corrected chi connectivity index (χ1v) is 7.97. The molecule has 1 aromatic heterocycles. The van der Waals surface area contributed by atoms with E-state index in [1.54, 1.807) is 11.3 Å². The van der Waals surface area contributed by atoms with Gasteiger partial charge in [0.2, 0.25) is 0 Å². The average molecular weight is 310 g/mol. The van der Waals surface area contributed by atoms with Crippen molar-refractivity contribution in [3.63, 3.8) is 0 Å². The Morgan fingerprint density at radius 3 is 2.45 bits per heavy atom.